The Hall–Kier alpha value is -1.06. The molecular formula is C9H14N2O. The van der Waals surface area contributed by atoms with Crippen molar-refractivity contribution in [3.05, 3.63) is 29.8 Å². The molecule has 0 saturated heterocycles. The Morgan fingerprint density at radius 3 is 2.58 bits per heavy atom. The molecule has 0 aliphatic carbocycles. The van der Waals surface area contributed by atoms with Crippen LogP contribution in [0, 0.1) is 0 Å². The van der Waals surface area contributed by atoms with Crippen molar-refractivity contribution < 1.29 is 5.11 Å². The first-order valence-corrected chi connectivity index (χ1v) is 3.90. The minimum Gasteiger partial charge on any atom is -0.399 e. The summed E-state index contributed by atoms with van der Waals surface area (Å²) in [5.41, 5.74) is 12.5. The lowest BCUT2D eigenvalue weighted by molar-refractivity contribution is 0.153. The Balaban J connectivity index is 2.88. The fourth-order valence-electron chi connectivity index (χ4n) is 1.05. The number of anilines is 1. The molecular weight excluding hydrogens is 152 g/mol. The second kappa shape index (κ2) is 3.56. The van der Waals surface area contributed by atoms with Gasteiger partial charge in [-0.05, 0) is 24.6 Å². The molecule has 0 saturated carbocycles. The van der Waals surface area contributed by atoms with Crippen molar-refractivity contribution in [3.8, 4) is 0 Å². The molecule has 66 valence electrons. The van der Waals surface area contributed by atoms with Crippen molar-refractivity contribution in [3.63, 3.8) is 0 Å². The average Bonchev–Trinajstić information content (AvgIpc) is 2.03. The highest BCUT2D eigenvalue weighted by molar-refractivity contribution is 5.41. The summed E-state index contributed by atoms with van der Waals surface area (Å²) in [5, 5.41) is 9.54. The predicted octanol–water partition coefficient (Wildman–Crippen LogP) is 0.649. The molecule has 0 amide bonds. The second-order valence-corrected chi connectivity index (χ2v) is 2.97. The topological polar surface area (TPSA) is 72.3 Å². The lowest BCUT2D eigenvalue weighted by atomic mass is 10.0. The Morgan fingerprint density at radius 2 is 2.08 bits per heavy atom. The molecule has 0 radical (unpaired) electrons. The number of aliphatic hydroxyl groups excluding tert-OH is 1. The van der Waals surface area contributed by atoms with E-state index in [1.165, 1.54) is 0 Å². The van der Waals surface area contributed by atoms with E-state index in [9.17, 15) is 5.11 Å². The van der Waals surface area contributed by atoms with Gasteiger partial charge in [-0.15, -0.1) is 0 Å². The van der Waals surface area contributed by atoms with Crippen molar-refractivity contribution in [2.45, 2.75) is 19.1 Å². The van der Waals surface area contributed by atoms with Crippen LogP contribution in [0.1, 0.15) is 18.6 Å². The molecule has 0 spiro atoms. The maximum absolute atomic E-state index is 9.54. The van der Waals surface area contributed by atoms with E-state index in [1.54, 1.807) is 25.1 Å². The third kappa shape index (κ3) is 1.96. The van der Waals surface area contributed by atoms with E-state index in [4.69, 9.17) is 11.5 Å². The van der Waals surface area contributed by atoms with Crippen LogP contribution in [0.5, 0.6) is 0 Å². The molecule has 0 heterocycles. The lowest BCUT2D eigenvalue weighted by Gasteiger charge is -2.14. The Labute approximate surface area is 72.0 Å². The molecule has 1 aromatic rings. The van der Waals surface area contributed by atoms with Gasteiger partial charge in [-0.1, -0.05) is 12.1 Å². The van der Waals surface area contributed by atoms with Crippen LogP contribution in [0.15, 0.2) is 24.3 Å². The van der Waals surface area contributed by atoms with Gasteiger partial charge in [0.25, 0.3) is 0 Å². The molecule has 3 nitrogen and oxygen atoms in total. The summed E-state index contributed by atoms with van der Waals surface area (Å²) in [6.45, 7) is 1.76. The minimum absolute atomic E-state index is 0.271. The van der Waals surface area contributed by atoms with Gasteiger partial charge in [0.05, 0.1) is 6.10 Å². The maximum Gasteiger partial charge on any atom is 0.0938 e. The fraction of sp³-hybridized carbons (Fsp3) is 0.333. The van der Waals surface area contributed by atoms with Crippen molar-refractivity contribution >= 4 is 5.69 Å². The average molecular weight is 166 g/mol. The number of nitrogens with two attached hydrogens (primary N) is 2. The zero-order valence-electron chi connectivity index (χ0n) is 7.07. The first-order chi connectivity index (χ1) is 5.61. The van der Waals surface area contributed by atoms with E-state index in [2.05, 4.69) is 0 Å². The third-order valence-corrected chi connectivity index (χ3v) is 1.75. The van der Waals surface area contributed by atoms with Gasteiger partial charge in [-0.3, -0.25) is 0 Å². The number of rotatable bonds is 2. The highest BCUT2D eigenvalue weighted by Gasteiger charge is 2.11. The number of hydrogen-bond acceptors (Lipinski definition) is 3. The summed E-state index contributed by atoms with van der Waals surface area (Å²) in [4.78, 5) is 0. The third-order valence-electron chi connectivity index (χ3n) is 1.75. The minimum atomic E-state index is -0.631. The van der Waals surface area contributed by atoms with E-state index in [1.807, 2.05) is 6.07 Å². The maximum atomic E-state index is 9.54. The summed E-state index contributed by atoms with van der Waals surface area (Å²) in [6.07, 6.45) is -0.631. The molecule has 12 heavy (non-hydrogen) atoms. The van der Waals surface area contributed by atoms with Crippen molar-refractivity contribution in [1.29, 1.82) is 0 Å². The van der Waals surface area contributed by atoms with Crippen molar-refractivity contribution in [2.24, 2.45) is 5.73 Å². The molecule has 0 fully saturated rings. The van der Waals surface area contributed by atoms with Gasteiger partial charge < -0.3 is 16.6 Å². The highest BCUT2D eigenvalue weighted by Crippen LogP contribution is 2.17. The number of hydrogen-bond donors (Lipinski definition) is 3. The van der Waals surface area contributed by atoms with Crippen LogP contribution in [0.2, 0.25) is 0 Å². The normalized spacial score (nSPS) is 15.6. The van der Waals surface area contributed by atoms with Crippen LogP contribution < -0.4 is 11.5 Å². The molecule has 0 bridgehead atoms. The van der Waals surface area contributed by atoms with Crippen LogP contribution in [-0.4, -0.2) is 11.1 Å². The number of benzene rings is 1. The van der Waals surface area contributed by atoms with E-state index >= 15 is 0 Å². The largest absolute Gasteiger partial charge is 0.399 e. The molecule has 1 aromatic carbocycles. The van der Waals surface area contributed by atoms with E-state index < -0.39 is 6.10 Å². The number of nitrogen functional groups attached to an aromatic ring is 1. The van der Waals surface area contributed by atoms with Crippen LogP contribution in [0.4, 0.5) is 5.69 Å². The Bertz CT molecular complexity index is 260. The van der Waals surface area contributed by atoms with E-state index in [0.29, 0.717) is 5.69 Å². The Morgan fingerprint density at radius 1 is 1.42 bits per heavy atom. The van der Waals surface area contributed by atoms with E-state index in [0.717, 1.165) is 5.56 Å². The van der Waals surface area contributed by atoms with Crippen LogP contribution in [-0.2, 0) is 0 Å². The molecule has 5 N–H and O–H groups in total. The SMILES string of the molecule is C[C@@H](N)[C@H](O)c1cccc(N)c1. The molecule has 2 atom stereocenters. The van der Waals surface area contributed by atoms with Crippen molar-refractivity contribution in [1.82, 2.24) is 0 Å². The van der Waals surface area contributed by atoms with Gasteiger partial charge in [0.1, 0.15) is 0 Å². The first kappa shape index (κ1) is 9.03. The van der Waals surface area contributed by atoms with Gasteiger partial charge in [0.15, 0.2) is 0 Å². The molecule has 3 heteroatoms. The van der Waals surface area contributed by atoms with Crippen LogP contribution >= 0.6 is 0 Å². The second-order valence-electron chi connectivity index (χ2n) is 2.97. The summed E-state index contributed by atoms with van der Waals surface area (Å²) in [5.74, 6) is 0. The summed E-state index contributed by atoms with van der Waals surface area (Å²) < 4.78 is 0. The summed E-state index contributed by atoms with van der Waals surface area (Å²) in [6, 6.07) is 6.85. The molecule has 0 aliphatic heterocycles. The summed E-state index contributed by atoms with van der Waals surface area (Å²) in [7, 11) is 0. The quantitative estimate of drug-likeness (QED) is 0.565. The zero-order chi connectivity index (χ0) is 9.14. The highest BCUT2D eigenvalue weighted by atomic mass is 16.3. The molecule has 0 aliphatic rings. The lowest BCUT2D eigenvalue weighted by Crippen LogP contribution is -2.24. The molecule has 0 aromatic heterocycles. The molecule has 1 rings (SSSR count). The summed E-state index contributed by atoms with van der Waals surface area (Å²) >= 11 is 0. The van der Waals surface area contributed by atoms with Crippen LogP contribution in [0.25, 0.3) is 0 Å². The standard InChI is InChI=1S/C9H14N2O/c1-6(10)9(12)7-3-2-4-8(11)5-7/h2-6,9,12H,10-11H2,1H3/t6-,9+/m1/s1. The van der Waals surface area contributed by atoms with Crippen molar-refractivity contribution in [2.75, 3.05) is 5.73 Å². The fourth-order valence-corrected chi connectivity index (χ4v) is 1.05. The Kier molecular flexibility index (Phi) is 2.68. The van der Waals surface area contributed by atoms with Crippen LogP contribution in [0.3, 0.4) is 0 Å². The monoisotopic (exact) mass is 166 g/mol. The zero-order valence-corrected chi connectivity index (χ0v) is 7.07. The van der Waals surface area contributed by atoms with Gasteiger partial charge in [0, 0.05) is 11.7 Å². The van der Waals surface area contributed by atoms with E-state index in [-0.39, 0.29) is 6.04 Å². The molecule has 0 unspecified atom stereocenters. The smallest absolute Gasteiger partial charge is 0.0938 e. The first-order valence-electron chi connectivity index (χ1n) is 3.90. The van der Waals surface area contributed by atoms with Gasteiger partial charge in [0.2, 0.25) is 0 Å². The van der Waals surface area contributed by atoms with Gasteiger partial charge in [-0.2, -0.15) is 0 Å². The van der Waals surface area contributed by atoms with Gasteiger partial charge >= 0.3 is 0 Å². The predicted molar refractivity (Wildman–Crippen MR) is 49.5 cm³/mol. The number of aliphatic hydroxyl groups is 1. The van der Waals surface area contributed by atoms with Gasteiger partial charge in [-0.25, -0.2) is 0 Å².